The summed E-state index contributed by atoms with van der Waals surface area (Å²) in [6, 6.07) is 0. The number of rotatable bonds is 0. The molecule has 0 amide bonds. The lowest BCUT2D eigenvalue weighted by atomic mass is 9.63. The van der Waals surface area contributed by atoms with Gasteiger partial charge >= 0.3 is 0 Å². The maximum atomic E-state index is 6.01. The van der Waals surface area contributed by atoms with E-state index in [0.29, 0.717) is 0 Å². The highest BCUT2D eigenvalue weighted by molar-refractivity contribution is 5.32. The quantitative estimate of drug-likeness (QED) is 0.470. The normalized spacial score (nSPS) is 68.7. The van der Waals surface area contributed by atoms with Crippen LogP contribution in [0.2, 0.25) is 0 Å². The molecule has 1 spiro atoms. The highest BCUT2D eigenvalue weighted by Crippen LogP contribution is 2.73. The van der Waals surface area contributed by atoms with Gasteiger partial charge in [-0.1, -0.05) is 11.6 Å². The fraction of sp³-hybridized carbons (Fsp3) is 0.867. The Morgan fingerprint density at radius 2 is 2.12 bits per heavy atom. The molecule has 0 N–H and O–H groups in total. The minimum atomic E-state index is -0.0818. The first-order valence-corrected chi connectivity index (χ1v) is 7.36. The lowest BCUT2D eigenvalue weighted by molar-refractivity contribution is -0.0415. The molecule has 90 valence electrons. The molecule has 0 aromatic carbocycles. The molecule has 2 heterocycles. The van der Waals surface area contributed by atoms with Crippen LogP contribution in [0.1, 0.15) is 19.3 Å². The van der Waals surface area contributed by atoms with Crippen molar-refractivity contribution in [2.75, 3.05) is 13.2 Å². The largest absolute Gasteiger partial charge is 0.347 e. The van der Waals surface area contributed by atoms with Crippen molar-refractivity contribution in [3.63, 3.8) is 0 Å². The monoisotopic (exact) mass is 230 g/mol. The Bertz CT molecular complexity index is 450. The predicted octanol–water partition coefficient (Wildman–Crippen LogP) is 2.21. The predicted molar refractivity (Wildman–Crippen MR) is 61.0 cm³/mol. The van der Waals surface area contributed by atoms with E-state index in [9.17, 15) is 0 Å². The number of fused-ring (bicyclic) bond motifs is 12. The van der Waals surface area contributed by atoms with E-state index in [4.69, 9.17) is 9.47 Å². The van der Waals surface area contributed by atoms with Gasteiger partial charge in [-0.05, 0) is 54.8 Å². The molecule has 4 bridgehead atoms. The second-order valence-electron chi connectivity index (χ2n) is 7.21. The van der Waals surface area contributed by atoms with Crippen LogP contribution in [-0.4, -0.2) is 19.0 Å². The Kier molecular flexibility index (Phi) is 1.22. The summed E-state index contributed by atoms with van der Waals surface area (Å²) in [5, 5.41) is 0. The van der Waals surface area contributed by atoms with Crippen LogP contribution in [0.15, 0.2) is 11.6 Å². The third kappa shape index (κ3) is 0.769. The van der Waals surface area contributed by atoms with Gasteiger partial charge in [0.15, 0.2) is 5.79 Å². The third-order valence-electron chi connectivity index (χ3n) is 6.96. The molecule has 6 aliphatic rings. The number of epoxide rings is 1. The summed E-state index contributed by atoms with van der Waals surface area (Å²) in [4.78, 5) is 0. The number of hydrogen-bond acceptors (Lipinski definition) is 2. The minimum absolute atomic E-state index is 0.0818. The van der Waals surface area contributed by atoms with E-state index in [-0.39, 0.29) is 5.79 Å². The standard InChI is InChI=1S/C15H18O2/c1-2-8-3-7(1)12-9-4-10(13(8)12)14-11(9)5-16-15(14)6-17-15/h3,8-14H,1-2,4-6H2. The molecule has 8 unspecified atom stereocenters. The Morgan fingerprint density at radius 1 is 1.18 bits per heavy atom. The maximum Gasteiger partial charge on any atom is 0.195 e. The van der Waals surface area contributed by atoms with Crippen molar-refractivity contribution in [1.29, 1.82) is 0 Å². The van der Waals surface area contributed by atoms with Crippen molar-refractivity contribution < 1.29 is 9.47 Å². The summed E-state index contributed by atoms with van der Waals surface area (Å²) in [7, 11) is 0. The fourth-order valence-corrected chi connectivity index (χ4v) is 6.60. The molecule has 2 aliphatic heterocycles. The molecular weight excluding hydrogens is 212 g/mol. The average Bonchev–Trinajstić information content (AvgIpc) is 2.81. The molecule has 0 aromatic heterocycles. The zero-order valence-electron chi connectivity index (χ0n) is 9.97. The van der Waals surface area contributed by atoms with Gasteiger partial charge in [0.1, 0.15) is 6.61 Å². The average molecular weight is 230 g/mol. The first-order chi connectivity index (χ1) is 8.37. The lowest BCUT2D eigenvalue weighted by Gasteiger charge is -2.40. The molecule has 4 fully saturated rings. The van der Waals surface area contributed by atoms with E-state index in [0.717, 1.165) is 54.6 Å². The van der Waals surface area contributed by atoms with Gasteiger partial charge in [0.2, 0.25) is 0 Å². The zero-order chi connectivity index (χ0) is 10.8. The van der Waals surface area contributed by atoms with Crippen LogP contribution in [0.4, 0.5) is 0 Å². The molecule has 0 aromatic rings. The second kappa shape index (κ2) is 2.37. The molecule has 6 rings (SSSR count). The Labute approximate surface area is 101 Å². The van der Waals surface area contributed by atoms with Gasteiger partial charge in [-0.2, -0.15) is 0 Å². The van der Waals surface area contributed by atoms with Crippen molar-refractivity contribution in [2.45, 2.75) is 25.0 Å². The van der Waals surface area contributed by atoms with Crippen molar-refractivity contribution in [3.8, 4) is 0 Å². The Hall–Kier alpha value is -0.340. The highest BCUT2D eigenvalue weighted by Gasteiger charge is 2.73. The molecule has 8 atom stereocenters. The van der Waals surface area contributed by atoms with E-state index in [1.165, 1.54) is 19.3 Å². The molecule has 2 saturated carbocycles. The lowest BCUT2D eigenvalue weighted by Crippen LogP contribution is -2.40. The smallest absolute Gasteiger partial charge is 0.195 e. The Morgan fingerprint density at radius 3 is 3.00 bits per heavy atom. The molecule has 0 radical (unpaired) electrons. The first-order valence-electron chi connectivity index (χ1n) is 7.36. The van der Waals surface area contributed by atoms with E-state index in [1.54, 1.807) is 0 Å². The summed E-state index contributed by atoms with van der Waals surface area (Å²) < 4.78 is 11.7. The molecule has 2 saturated heterocycles. The first kappa shape index (κ1) is 8.71. The van der Waals surface area contributed by atoms with Crippen LogP contribution in [0.5, 0.6) is 0 Å². The van der Waals surface area contributed by atoms with E-state index >= 15 is 0 Å². The van der Waals surface area contributed by atoms with Crippen molar-refractivity contribution in [1.82, 2.24) is 0 Å². The Balaban J connectivity index is 1.48. The van der Waals surface area contributed by atoms with Crippen LogP contribution in [0, 0.1) is 41.4 Å². The topological polar surface area (TPSA) is 21.8 Å². The van der Waals surface area contributed by atoms with Crippen LogP contribution in [-0.2, 0) is 9.47 Å². The zero-order valence-corrected chi connectivity index (χ0v) is 9.97. The third-order valence-corrected chi connectivity index (χ3v) is 6.96. The summed E-state index contributed by atoms with van der Waals surface area (Å²) >= 11 is 0. The van der Waals surface area contributed by atoms with Crippen molar-refractivity contribution >= 4 is 0 Å². The number of hydrogen-bond donors (Lipinski definition) is 0. The number of allylic oxidation sites excluding steroid dienone is 2. The van der Waals surface area contributed by atoms with E-state index in [2.05, 4.69) is 6.08 Å². The van der Waals surface area contributed by atoms with E-state index in [1.807, 2.05) is 5.57 Å². The molecule has 2 nitrogen and oxygen atoms in total. The molecule has 2 heteroatoms. The van der Waals surface area contributed by atoms with Gasteiger partial charge in [-0.25, -0.2) is 0 Å². The fourth-order valence-electron chi connectivity index (χ4n) is 6.60. The summed E-state index contributed by atoms with van der Waals surface area (Å²) in [5.74, 6) is 6.30. The maximum absolute atomic E-state index is 6.01. The SMILES string of the molecule is C1=C2CCC1C1C3CC(C4COC5(CO5)C43)C21. The van der Waals surface area contributed by atoms with Crippen LogP contribution in [0.25, 0.3) is 0 Å². The van der Waals surface area contributed by atoms with Crippen LogP contribution >= 0.6 is 0 Å². The summed E-state index contributed by atoms with van der Waals surface area (Å²) in [6.07, 6.45) is 7.00. The van der Waals surface area contributed by atoms with Crippen molar-refractivity contribution in [2.24, 2.45) is 41.4 Å². The van der Waals surface area contributed by atoms with Gasteiger partial charge in [0.05, 0.1) is 6.61 Å². The molecule has 4 aliphatic carbocycles. The summed E-state index contributed by atoms with van der Waals surface area (Å²) in [6.45, 7) is 1.88. The van der Waals surface area contributed by atoms with Gasteiger partial charge in [0.25, 0.3) is 0 Å². The van der Waals surface area contributed by atoms with Crippen LogP contribution < -0.4 is 0 Å². The molecular formula is C15H18O2. The van der Waals surface area contributed by atoms with Gasteiger partial charge in [-0.3, -0.25) is 0 Å². The van der Waals surface area contributed by atoms with Crippen LogP contribution in [0.3, 0.4) is 0 Å². The number of ether oxygens (including phenoxy) is 2. The highest BCUT2D eigenvalue weighted by atomic mass is 16.8. The second-order valence-corrected chi connectivity index (χ2v) is 7.21. The van der Waals surface area contributed by atoms with Gasteiger partial charge < -0.3 is 9.47 Å². The molecule has 17 heavy (non-hydrogen) atoms. The van der Waals surface area contributed by atoms with Crippen molar-refractivity contribution in [3.05, 3.63) is 11.6 Å². The minimum Gasteiger partial charge on any atom is -0.347 e. The van der Waals surface area contributed by atoms with Gasteiger partial charge in [-0.15, -0.1) is 0 Å². The summed E-state index contributed by atoms with van der Waals surface area (Å²) in [5.41, 5.74) is 1.84. The van der Waals surface area contributed by atoms with E-state index < -0.39 is 0 Å². The van der Waals surface area contributed by atoms with Gasteiger partial charge in [0, 0.05) is 5.92 Å².